The summed E-state index contributed by atoms with van der Waals surface area (Å²) in [5.74, 6) is -0.245. The number of carbonyl (C=O) groups is 1. The number of aryl methyl sites for hydroxylation is 1. The Labute approximate surface area is 158 Å². The molecule has 4 N–H and O–H groups in total. The van der Waals surface area contributed by atoms with Crippen LogP contribution in [0.4, 0.5) is 17.1 Å². The van der Waals surface area contributed by atoms with Crippen molar-refractivity contribution in [2.75, 3.05) is 16.4 Å². The van der Waals surface area contributed by atoms with E-state index in [1.807, 2.05) is 31.2 Å². The van der Waals surface area contributed by atoms with Crippen LogP contribution in [-0.4, -0.2) is 5.91 Å². The molecule has 0 saturated carbocycles. The van der Waals surface area contributed by atoms with Gasteiger partial charge in [0.15, 0.2) is 0 Å². The Morgan fingerprint density at radius 1 is 1.31 bits per heavy atom. The summed E-state index contributed by atoms with van der Waals surface area (Å²) in [4.78, 5) is 12.4. The zero-order chi connectivity index (χ0) is 19.3. The van der Waals surface area contributed by atoms with Crippen molar-refractivity contribution in [2.24, 2.45) is 0 Å². The van der Waals surface area contributed by atoms with Crippen molar-refractivity contribution in [3.8, 4) is 6.07 Å². The fourth-order valence-electron chi connectivity index (χ4n) is 2.48. The third kappa shape index (κ3) is 4.56. The molecule has 26 heavy (non-hydrogen) atoms. The van der Waals surface area contributed by atoms with E-state index in [0.29, 0.717) is 22.3 Å². The normalized spacial score (nSPS) is 11.2. The molecule has 0 saturated heterocycles. The third-order valence-corrected chi connectivity index (χ3v) is 4.21. The van der Waals surface area contributed by atoms with E-state index in [9.17, 15) is 10.1 Å². The van der Waals surface area contributed by atoms with E-state index in [1.54, 1.807) is 12.1 Å². The van der Waals surface area contributed by atoms with E-state index in [0.717, 1.165) is 16.8 Å². The number of amides is 1. The number of nitrogens with two attached hydrogens (primary N) is 1. The molecule has 0 aliphatic carbocycles. The number of carbonyl (C=O) groups excluding carboxylic acids is 1. The summed E-state index contributed by atoms with van der Waals surface area (Å²) in [6.45, 7) is 6.15. The summed E-state index contributed by atoms with van der Waals surface area (Å²) < 4.78 is 0. The first-order valence-corrected chi connectivity index (χ1v) is 8.54. The van der Waals surface area contributed by atoms with Crippen LogP contribution in [0.15, 0.2) is 48.2 Å². The molecule has 2 rings (SSSR count). The number of para-hydroxylation sites is 1. The van der Waals surface area contributed by atoms with E-state index in [2.05, 4.69) is 24.5 Å². The predicted octanol–water partition coefficient (Wildman–Crippen LogP) is 4.81. The van der Waals surface area contributed by atoms with Crippen LogP contribution in [0.2, 0.25) is 5.02 Å². The van der Waals surface area contributed by atoms with Gasteiger partial charge >= 0.3 is 0 Å². The summed E-state index contributed by atoms with van der Waals surface area (Å²) in [7, 11) is 0. The Hall–Kier alpha value is -2.97. The van der Waals surface area contributed by atoms with Crippen molar-refractivity contribution in [1.29, 1.82) is 5.26 Å². The number of hydrogen-bond acceptors (Lipinski definition) is 4. The molecule has 2 aromatic carbocycles. The van der Waals surface area contributed by atoms with Crippen LogP contribution in [0.25, 0.3) is 0 Å². The number of anilines is 3. The summed E-state index contributed by atoms with van der Waals surface area (Å²) in [5.41, 5.74) is 9.51. The lowest BCUT2D eigenvalue weighted by Gasteiger charge is -2.15. The topological polar surface area (TPSA) is 90.9 Å². The van der Waals surface area contributed by atoms with Gasteiger partial charge in [0.05, 0.1) is 10.7 Å². The first-order chi connectivity index (χ1) is 12.3. The van der Waals surface area contributed by atoms with E-state index in [4.69, 9.17) is 17.3 Å². The average Bonchev–Trinajstić information content (AvgIpc) is 2.58. The minimum atomic E-state index is -0.550. The molecule has 0 heterocycles. The smallest absolute Gasteiger partial charge is 0.267 e. The number of nitrogens with zero attached hydrogens (tertiary/aromatic N) is 1. The molecule has 2 aromatic rings. The van der Waals surface area contributed by atoms with Crippen molar-refractivity contribution >= 4 is 34.6 Å². The van der Waals surface area contributed by atoms with Crippen LogP contribution in [0, 0.1) is 18.3 Å². The van der Waals surface area contributed by atoms with Gasteiger partial charge in [-0.1, -0.05) is 43.6 Å². The van der Waals surface area contributed by atoms with Gasteiger partial charge in [0.2, 0.25) is 0 Å². The van der Waals surface area contributed by atoms with Gasteiger partial charge in [0.1, 0.15) is 11.6 Å². The van der Waals surface area contributed by atoms with Crippen LogP contribution in [-0.2, 0) is 4.79 Å². The number of halogens is 1. The zero-order valence-electron chi connectivity index (χ0n) is 14.9. The lowest BCUT2D eigenvalue weighted by molar-refractivity contribution is -0.112. The molecule has 134 valence electrons. The molecule has 0 atom stereocenters. The highest BCUT2D eigenvalue weighted by atomic mass is 35.5. The lowest BCUT2D eigenvalue weighted by Crippen LogP contribution is -2.15. The minimum Gasteiger partial charge on any atom is -0.399 e. The molecule has 0 aliphatic heterocycles. The van der Waals surface area contributed by atoms with Gasteiger partial charge in [-0.05, 0) is 42.2 Å². The Morgan fingerprint density at radius 3 is 2.65 bits per heavy atom. The first kappa shape index (κ1) is 19.4. The van der Waals surface area contributed by atoms with E-state index >= 15 is 0 Å². The molecule has 0 aliphatic rings. The second-order valence-corrected chi connectivity index (χ2v) is 6.61. The van der Waals surface area contributed by atoms with Gasteiger partial charge < -0.3 is 16.4 Å². The third-order valence-electron chi connectivity index (χ3n) is 3.89. The molecule has 0 radical (unpaired) electrons. The van der Waals surface area contributed by atoms with E-state index in [-0.39, 0.29) is 5.57 Å². The average molecular weight is 369 g/mol. The lowest BCUT2D eigenvalue weighted by atomic mass is 9.98. The van der Waals surface area contributed by atoms with Gasteiger partial charge in [-0.2, -0.15) is 5.26 Å². The molecule has 1 amide bonds. The van der Waals surface area contributed by atoms with Crippen molar-refractivity contribution in [3.05, 3.63) is 64.3 Å². The monoisotopic (exact) mass is 368 g/mol. The maximum atomic E-state index is 12.4. The maximum Gasteiger partial charge on any atom is 0.267 e. The molecule has 0 fully saturated rings. The van der Waals surface area contributed by atoms with Gasteiger partial charge in [-0.25, -0.2) is 0 Å². The standard InChI is InChI=1S/C20H21ClN4O/c1-12(2)16-6-4-5-13(3)19(16)24-11-14(10-22)20(26)25-18-8-7-15(23)9-17(18)21/h4-9,11-12,24H,23H2,1-3H3,(H,25,26)/b14-11-. The molecule has 0 aromatic heterocycles. The summed E-state index contributed by atoms with van der Waals surface area (Å²) in [6.07, 6.45) is 1.41. The van der Waals surface area contributed by atoms with Gasteiger partial charge in [-0.3, -0.25) is 4.79 Å². The molecule has 0 unspecified atom stereocenters. The van der Waals surface area contributed by atoms with Crippen LogP contribution in [0.5, 0.6) is 0 Å². The summed E-state index contributed by atoms with van der Waals surface area (Å²) >= 11 is 6.06. The Bertz CT molecular complexity index is 897. The zero-order valence-corrected chi connectivity index (χ0v) is 15.7. The Morgan fingerprint density at radius 2 is 2.04 bits per heavy atom. The Balaban J connectivity index is 2.23. The second-order valence-electron chi connectivity index (χ2n) is 6.20. The van der Waals surface area contributed by atoms with E-state index in [1.165, 1.54) is 12.3 Å². The summed E-state index contributed by atoms with van der Waals surface area (Å²) in [5, 5.41) is 15.4. The predicted molar refractivity (Wildman–Crippen MR) is 107 cm³/mol. The Kier molecular flexibility index (Phi) is 6.26. The highest BCUT2D eigenvalue weighted by molar-refractivity contribution is 6.34. The number of nitriles is 1. The van der Waals surface area contributed by atoms with Gasteiger partial charge in [-0.15, -0.1) is 0 Å². The van der Waals surface area contributed by atoms with E-state index < -0.39 is 5.91 Å². The van der Waals surface area contributed by atoms with Crippen LogP contribution < -0.4 is 16.4 Å². The van der Waals surface area contributed by atoms with Gasteiger partial charge in [0.25, 0.3) is 5.91 Å². The minimum absolute atomic E-state index is 0.0594. The number of benzene rings is 2. The highest BCUT2D eigenvalue weighted by Crippen LogP contribution is 2.28. The number of nitrogens with one attached hydrogen (secondary N) is 2. The van der Waals surface area contributed by atoms with Crippen molar-refractivity contribution in [2.45, 2.75) is 26.7 Å². The fourth-order valence-corrected chi connectivity index (χ4v) is 2.72. The molecule has 6 heteroatoms. The van der Waals surface area contributed by atoms with Gasteiger partial charge in [0, 0.05) is 17.6 Å². The quantitative estimate of drug-likeness (QED) is 0.401. The second kappa shape index (κ2) is 8.41. The van der Waals surface area contributed by atoms with Crippen LogP contribution in [0.1, 0.15) is 30.9 Å². The SMILES string of the molecule is Cc1cccc(C(C)C)c1N/C=C(/C#N)C(=O)Nc1ccc(N)cc1Cl. The van der Waals surface area contributed by atoms with Crippen molar-refractivity contribution in [1.82, 2.24) is 0 Å². The largest absolute Gasteiger partial charge is 0.399 e. The van der Waals surface area contributed by atoms with Crippen molar-refractivity contribution < 1.29 is 4.79 Å². The molecular formula is C20H21ClN4O. The van der Waals surface area contributed by atoms with Crippen molar-refractivity contribution in [3.63, 3.8) is 0 Å². The first-order valence-electron chi connectivity index (χ1n) is 8.16. The summed E-state index contributed by atoms with van der Waals surface area (Å²) in [6, 6.07) is 12.6. The fraction of sp³-hybridized carbons (Fsp3) is 0.200. The molecule has 0 spiro atoms. The van der Waals surface area contributed by atoms with Crippen LogP contribution >= 0.6 is 11.6 Å². The number of hydrogen-bond donors (Lipinski definition) is 3. The molecular weight excluding hydrogens is 348 g/mol. The molecule has 5 nitrogen and oxygen atoms in total. The number of nitrogen functional groups attached to an aromatic ring is 1. The number of rotatable bonds is 5. The van der Waals surface area contributed by atoms with Crippen LogP contribution in [0.3, 0.4) is 0 Å². The highest BCUT2D eigenvalue weighted by Gasteiger charge is 2.13. The molecule has 0 bridgehead atoms. The maximum absolute atomic E-state index is 12.4.